The fourth-order valence-corrected chi connectivity index (χ4v) is 8.26. The van der Waals surface area contributed by atoms with E-state index >= 15 is 9.59 Å². The maximum atomic E-state index is 15.0. The number of aliphatic hydroxyl groups is 1. The lowest BCUT2D eigenvalue weighted by Crippen LogP contribution is -2.59. The number of likely N-dealkylation sites (tertiary alicyclic amines) is 1. The van der Waals surface area contributed by atoms with Gasteiger partial charge in [0.15, 0.2) is 0 Å². The van der Waals surface area contributed by atoms with Crippen molar-refractivity contribution in [3.63, 3.8) is 0 Å². The normalized spacial score (nSPS) is 29.1. The van der Waals surface area contributed by atoms with Gasteiger partial charge in [0.2, 0.25) is 11.8 Å². The van der Waals surface area contributed by atoms with E-state index in [1.807, 2.05) is 108 Å². The maximum Gasteiger partial charge on any atom is 0.253 e. The monoisotopic (exact) mass is 641 g/mol. The highest BCUT2D eigenvalue weighted by Gasteiger charge is 2.76. The molecule has 47 heavy (non-hydrogen) atoms. The van der Waals surface area contributed by atoms with Gasteiger partial charge in [0.25, 0.3) is 5.91 Å². The van der Waals surface area contributed by atoms with Crippen LogP contribution in [0.4, 0.5) is 11.4 Å². The molecule has 9 heteroatoms. The lowest BCUT2D eigenvalue weighted by molar-refractivity contribution is -0.149. The Kier molecular flexibility index (Phi) is 8.82. The number of rotatable bonds is 9. The topological polar surface area (TPSA) is 99.6 Å². The molecule has 4 aliphatic rings. The summed E-state index contributed by atoms with van der Waals surface area (Å²) in [6.45, 7) is 12.7. The van der Waals surface area contributed by atoms with Crippen LogP contribution >= 0.6 is 0 Å². The minimum atomic E-state index is -1.41. The van der Waals surface area contributed by atoms with E-state index in [0.29, 0.717) is 44.0 Å². The second kappa shape index (κ2) is 12.6. The van der Waals surface area contributed by atoms with Crippen molar-refractivity contribution in [1.29, 1.82) is 0 Å². The predicted molar refractivity (Wildman–Crippen MR) is 181 cm³/mol. The van der Waals surface area contributed by atoms with Crippen molar-refractivity contribution in [2.75, 3.05) is 36.1 Å². The summed E-state index contributed by atoms with van der Waals surface area (Å²) in [5.74, 6) is -1.82. The van der Waals surface area contributed by atoms with E-state index < -0.39 is 35.1 Å². The Morgan fingerprint density at radius 3 is 2.28 bits per heavy atom. The average molecular weight is 642 g/mol. The van der Waals surface area contributed by atoms with E-state index in [0.717, 1.165) is 16.8 Å². The molecule has 2 saturated heterocycles. The number of amides is 3. The van der Waals surface area contributed by atoms with Crippen LogP contribution in [0.2, 0.25) is 0 Å². The van der Waals surface area contributed by atoms with Crippen LogP contribution in [0.15, 0.2) is 66.8 Å². The molecule has 0 aliphatic carbocycles. The van der Waals surface area contributed by atoms with Crippen LogP contribution in [-0.2, 0) is 19.1 Å². The first-order valence-electron chi connectivity index (χ1n) is 16.9. The van der Waals surface area contributed by atoms with Crippen LogP contribution in [0.1, 0.15) is 51.7 Å². The van der Waals surface area contributed by atoms with E-state index in [2.05, 4.69) is 0 Å². The fourth-order valence-electron chi connectivity index (χ4n) is 8.26. The number of aryl methyl sites for hydroxylation is 2. The van der Waals surface area contributed by atoms with E-state index in [1.54, 1.807) is 14.7 Å². The highest BCUT2D eigenvalue weighted by Crippen LogP contribution is 2.59. The number of hydrogen-bond acceptors (Lipinski definition) is 6. The minimum Gasteiger partial charge on any atom is -0.494 e. The van der Waals surface area contributed by atoms with Gasteiger partial charge in [-0.2, -0.15) is 0 Å². The van der Waals surface area contributed by atoms with Gasteiger partial charge in [-0.25, -0.2) is 0 Å². The summed E-state index contributed by atoms with van der Waals surface area (Å²) in [4.78, 5) is 49.9. The Labute approximate surface area is 277 Å². The summed E-state index contributed by atoms with van der Waals surface area (Å²) >= 11 is 0. The summed E-state index contributed by atoms with van der Waals surface area (Å²) in [5, 5.41) is 10.7. The molecule has 3 amide bonds. The smallest absolute Gasteiger partial charge is 0.253 e. The number of carbonyl (C=O) groups is 3. The second-order valence-corrected chi connectivity index (χ2v) is 13.8. The third kappa shape index (κ3) is 5.28. The number of benzene rings is 2. The van der Waals surface area contributed by atoms with Crippen molar-refractivity contribution in [2.45, 2.75) is 77.7 Å². The predicted octanol–water partition coefficient (Wildman–Crippen LogP) is 4.98. The first-order valence-corrected chi connectivity index (χ1v) is 16.9. The number of fused-ring (bicyclic) bond motifs is 2. The Balaban J connectivity index is 1.50. The molecule has 0 aromatic heterocycles. The van der Waals surface area contributed by atoms with Crippen LogP contribution in [0, 0.1) is 31.6 Å². The van der Waals surface area contributed by atoms with Crippen molar-refractivity contribution in [1.82, 2.24) is 4.90 Å². The first kappa shape index (κ1) is 33.0. The number of nitrogens with zero attached hydrogens (tertiary/aromatic N) is 3. The third-order valence-corrected chi connectivity index (χ3v) is 10.3. The summed E-state index contributed by atoms with van der Waals surface area (Å²) < 4.78 is 12.8. The number of aliphatic hydroxyl groups excluding tert-OH is 1. The SMILES string of the molecule is CCOc1ccc(N2CC=C[C@]3(CC)O[C@]45C=CCN(c6cc(C)ccc6C)C(=O)C4N([C@@H](CO)CC(C)C)C(=O)[C@@H]5[C@@H]3C2=O)cc1. The van der Waals surface area contributed by atoms with Crippen molar-refractivity contribution < 1.29 is 29.0 Å². The average Bonchev–Trinajstić information content (AvgIpc) is 3.34. The summed E-state index contributed by atoms with van der Waals surface area (Å²) in [6, 6.07) is 11.7. The number of hydrogen-bond donors (Lipinski definition) is 1. The number of anilines is 2. The van der Waals surface area contributed by atoms with Crippen molar-refractivity contribution in [3.8, 4) is 5.75 Å². The zero-order valence-electron chi connectivity index (χ0n) is 28.3. The molecule has 0 bridgehead atoms. The highest BCUT2D eigenvalue weighted by molar-refractivity contribution is 6.08. The summed E-state index contributed by atoms with van der Waals surface area (Å²) in [7, 11) is 0. The Hall–Kier alpha value is -3.95. The van der Waals surface area contributed by atoms with Gasteiger partial charge in [0.1, 0.15) is 17.4 Å². The van der Waals surface area contributed by atoms with Gasteiger partial charge in [0.05, 0.1) is 36.7 Å². The zero-order valence-corrected chi connectivity index (χ0v) is 28.3. The van der Waals surface area contributed by atoms with E-state index in [4.69, 9.17) is 9.47 Å². The Bertz CT molecular complexity index is 1600. The Morgan fingerprint density at radius 1 is 0.915 bits per heavy atom. The van der Waals surface area contributed by atoms with E-state index in [-0.39, 0.29) is 30.2 Å². The minimum absolute atomic E-state index is 0.149. The van der Waals surface area contributed by atoms with Crippen LogP contribution in [0.3, 0.4) is 0 Å². The van der Waals surface area contributed by atoms with Gasteiger partial charge in [-0.15, -0.1) is 0 Å². The summed E-state index contributed by atoms with van der Waals surface area (Å²) in [5.41, 5.74) is 0.902. The summed E-state index contributed by atoms with van der Waals surface area (Å²) in [6.07, 6.45) is 8.60. The van der Waals surface area contributed by atoms with Crippen molar-refractivity contribution >= 4 is 29.1 Å². The molecular formula is C38H47N3O6. The van der Waals surface area contributed by atoms with Crippen molar-refractivity contribution in [2.24, 2.45) is 17.8 Å². The molecule has 4 heterocycles. The molecule has 1 spiro atoms. The quantitative estimate of drug-likeness (QED) is 0.388. The Morgan fingerprint density at radius 2 is 1.62 bits per heavy atom. The molecule has 2 fully saturated rings. The standard InChI is InChI=1S/C38H47N3O6/c1-7-37-17-9-19-39(27-13-15-29(16-14-27)46-8-2)34(43)31(37)32-35(44)41(28(23-42)21-24(3)4)33-36(45)40(20-10-18-38(32,33)47-37)30-22-25(5)11-12-26(30)6/h9-18,22,24,28,31-33,42H,7-8,19-21,23H2,1-6H3/t28-,31-,32+,33?,37+,38+/m1/s1. The zero-order chi connectivity index (χ0) is 33.7. The van der Waals surface area contributed by atoms with Crippen LogP contribution in [0.25, 0.3) is 0 Å². The van der Waals surface area contributed by atoms with Gasteiger partial charge < -0.3 is 29.3 Å². The van der Waals surface area contributed by atoms with Crippen LogP contribution in [-0.4, -0.2) is 77.3 Å². The fraction of sp³-hybridized carbons (Fsp3) is 0.500. The van der Waals surface area contributed by atoms with Gasteiger partial charge in [-0.1, -0.05) is 57.2 Å². The van der Waals surface area contributed by atoms with Gasteiger partial charge in [-0.3, -0.25) is 14.4 Å². The molecule has 2 aromatic rings. The molecular weight excluding hydrogens is 594 g/mol. The molecule has 250 valence electrons. The van der Waals surface area contributed by atoms with Crippen LogP contribution < -0.4 is 14.5 Å². The van der Waals surface area contributed by atoms with Crippen molar-refractivity contribution in [3.05, 3.63) is 77.9 Å². The number of ether oxygens (including phenoxy) is 2. The molecule has 9 nitrogen and oxygen atoms in total. The van der Waals surface area contributed by atoms with Gasteiger partial charge >= 0.3 is 0 Å². The molecule has 6 rings (SSSR count). The van der Waals surface area contributed by atoms with E-state index in [9.17, 15) is 9.90 Å². The molecule has 4 aliphatic heterocycles. The molecule has 6 atom stereocenters. The molecule has 0 radical (unpaired) electrons. The number of carbonyl (C=O) groups excluding carboxylic acids is 3. The first-order chi connectivity index (χ1) is 22.5. The highest BCUT2D eigenvalue weighted by atomic mass is 16.5. The van der Waals surface area contributed by atoms with E-state index in [1.165, 1.54) is 0 Å². The molecule has 1 unspecified atom stereocenters. The van der Waals surface area contributed by atoms with Gasteiger partial charge in [-0.05, 0) is 81.0 Å². The lowest BCUT2D eigenvalue weighted by Gasteiger charge is -2.41. The molecule has 0 saturated carbocycles. The maximum absolute atomic E-state index is 15.0. The molecule has 1 N–H and O–H groups in total. The van der Waals surface area contributed by atoms with Gasteiger partial charge in [0, 0.05) is 24.5 Å². The third-order valence-electron chi connectivity index (χ3n) is 10.3. The molecule has 2 aromatic carbocycles. The largest absolute Gasteiger partial charge is 0.494 e. The lowest BCUT2D eigenvalue weighted by atomic mass is 9.73. The van der Waals surface area contributed by atoms with Crippen LogP contribution in [0.5, 0.6) is 5.75 Å². The second-order valence-electron chi connectivity index (χ2n) is 13.8.